The summed E-state index contributed by atoms with van der Waals surface area (Å²) < 4.78 is 5.81. The van der Waals surface area contributed by atoms with E-state index < -0.39 is 0 Å². The summed E-state index contributed by atoms with van der Waals surface area (Å²) in [7, 11) is 1.81. The first-order valence-electron chi connectivity index (χ1n) is 8.85. The van der Waals surface area contributed by atoms with Gasteiger partial charge in [0, 0.05) is 18.8 Å². The Morgan fingerprint density at radius 1 is 1.20 bits per heavy atom. The van der Waals surface area contributed by atoms with Crippen molar-refractivity contribution in [2.45, 2.75) is 39.7 Å². The molecule has 1 unspecified atom stereocenters. The summed E-state index contributed by atoms with van der Waals surface area (Å²) in [6.45, 7) is 6.86. The maximum Gasteiger partial charge on any atom is 0.322 e. The molecule has 2 amide bonds. The summed E-state index contributed by atoms with van der Waals surface area (Å²) in [6, 6.07) is 15.6. The molecule has 25 heavy (non-hydrogen) atoms. The lowest BCUT2D eigenvalue weighted by Gasteiger charge is -2.25. The summed E-state index contributed by atoms with van der Waals surface area (Å²) in [5, 5.41) is 2.96. The number of rotatable bonds is 7. The third-order valence-electron chi connectivity index (χ3n) is 4.38. The topological polar surface area (TPSA) is 41.6 Å². The fraction of sp³-hybridized carbons (Fsp3) is 0.381. The van der Waals surface area contributed by atoms with Crippen LogP contribution in [0.3, 0.4) is 0 Å². The number of hydrogen-bond acceptors (Lipinski definition) is 2. The molecule has 0 aliphatic heterocycles. The Balaban J connectivity index is 2.03. The quantitative estimate of drug-likeness (QED) is 0.686. The molecule has 1 N–H and O–H groups in total. The Labute approximate surface area is 150 Å². The number of nitrogens with one attached hydrogen (secondary N) is 1. The third kappa shape index (κ3) is 5.24. The van der Waals surface area contributed by atoms with Crippen LogP contribution in [-0.2, 0) is 0 Å². The Bertz CT molecular complexity index is 686. The minimum absolute atomic E-state index is 0.00748. The zero-order valence-electron chi connectivity index (χ0n) is 15.6. The standard InChI is InChI=1S/C21H28N2O2/c1-5-6-14-25-20-15-19(13-12-16(20)2)22-21(24)23(4)17(3)18-10-8-7-9-11-18/h7-13,15,17H,5-6,14H2,1-4H3,(H,22,24). The van der Waals surface area contributed by atoms with E-state index in [2.05, 4.69) is 12.2 Å². The molecule has 4 heteroatoms. The second-order valence-corrected chi connectivity index (χ2v) is 6.31. The lowest BCUT2D eigenvalue weighted by Crippen LogP contribution is -2.33. The van der Waals surface area contributed by atoms with E-state index >= 15 is 0 Å². The Hall–Kier alpha value is -2.49. The number of amides is 2. The van der Waals surface area contributed by atoms with Crippen molar-refractivity contribution in [3.05, 3.63) is 59.7 Å². The second kappa shape index (κ2) is 9.11. The van der Waals surface area contributed by atoms with Crippen molar-refractivity contribution in [2.75, 3.05) is 19.0 Å². The molecule has 0 heterocycles. The van der Waals surface area contributed by atoms with Gasteiger partial charge in [0.15, 0.2) is 0 Å². The van der Waals surface area contributed by atoms with Gasteiger partial charge in [-0.05, 0) is 37.5 Å². The van der Waals surface area contributed by atoms with Crippen LogP contribution in [0.4, 0.5) is 10.5 Å². The molecule has 0 fully saturated rings. The number of anilines is 1. The maximum absolute atomic E-state index is 12.6. The van der Waals surface area contributed by atoms with Gasteiger partial charge in [0.1, 0.15) is 5.75 Å². The Kier molecular flexibility index (Phi) is 6.87. The Morgan fingerprint density at radius 3 is 2.60 bits per heavy atom. The van der Waals surface area contributed by atoms with E-state index in [4.69, 9.17) is 4.74 Å². The zero-order chi connectivity index (χ0) is 18.2. The first kappa shape index (κ1) is 18.8. The second-order valence-electron chi connectivity index (χ2n) is 6.31. The highest BCUT2D eigenvalue weighted by molar-refractivity contribution is 5.89. The highest BCUT2D eigenvalue weighted by Gasteiger charge is 2.17. The molecule has 4 nitrogen and oxygen atoms in total. The SMILES string of the molecule is CCCCOc1cc(NC(=O)N(C)C(C)c2ccccc2)ccc1C. The summed E-state index contributed by atoms with van der Waals surface area (Å²) in [5.74, 6) is 0.824. The monoisotopic (exact) mass is 340 g/mol. The van der Waals surface area contributed by atoms with Gasteiger partial charge in [0.2, 0.25) is 0 Å². The summed E-state index contributed by atoms with van der Waals surface area (Å²) >= 11 is 0. The molecule has 0 spiro atoms. The molecule has 0 saturated carbocycles. The molecule has 0 aliphatic rings. The largest absolute Gasteiger partial charge is 0.493 e. The van der Waals surface area contributed by atoms with Gasteiger partial charge in [0.25, 0.3) is 0 Å². The number of carbonyl (C=O) groups is 1. The van der Waals surface area contributed by atoms with Gasteiger partial charge in [-0.3, -0.25) is 0 Å². The first-order valence-corrected chi connectivity index (χ1v) is 8.85. The van der Waals surface area contributed by atoms with Crippen LogP contribution in [0.2, 0.25) is 0 Å². The van der Waals surface area contributed by atoms with E-state index in [9.17, 15) is 4.79 Å². The third-order valence-corrected chi connectivity index (χ3v) is 4.38. The highest BCUT2D eigenvalue weighted by Crippen LogP contribution is 2.24. The first-order chi connectivity index (χ1) is 12.0. The van der Waals surface area contributed by atoms with E-state index in [1.54, 1.807) is 11.9 Å². The van der Waals surface area contributed by atoms with Crippen LogP contribution >= 0.6 is 0 Å². The number of nitrogens with zero attached hydrogens (tertiary/aromatic N) is 1. The lowest BCUT2D eigenvalue weighted by molar-refractivity contribution is 0.208. The molecule has 134 valence electrons. The molecular formula is C21H28N2O2. The van der Waals surface area contributed by atoms with Crippen LogP contribution in [0.15, 0.2) is 48.5 Å². The molecule has 2 aromatic carbocycles. The van der Waals surface area contributed by atoms with Crippen molar-refractivity contribution in [1.82, 2.24) is 4.90 Å². The number of benzene rings is 2. The fourth-order valence-electron chi connectivity index (χ4n) is 2.50. The van der Waals surface area contributed by atoms with Crippen molar-refractivity contribution < 1.29 is 9.53 Å². The molecule has 2 rings (SSSR count). The Morgan fingerprint density at radius 2 is 1.92 bits per heavy atom. The van der Waals surface area contributed by atoms with E-state index in [0.717, 1.165) is 35.4 Å². The van der Waals surface area contributed by atoms with Crippen molar-refractivity contribution in [3.63, 3.8) is 0 Å². The van der Waals surface area contributed by atoms with Gasteiger partial charge in [-0.25, -0.2) is 4.79 Å². The highest BCUT2D eigenvalue weighted by atomic mass is 16.5. The fourth-order valence-corrected chi connectivity index (χ4v) is 2.50. The number of ether oxygens (including phenoxy) is 1. The van der Waals surface area contributed by atoms with Crippen LogP contribution in [0.1, 0.15) is 43.9 Å². The predicted molar refractivity (Wildman–Crippen MR) is 103 cm³/mol. The van der Waals surface area contributed by atoms with Gasteiger partial charge in [-0.2, -0.15) is 0 Å². The van der Waals surface area contributed by atoms with E-state index in [1.807, 2.05) is 62.4 Å². The van der Waals surface area contributed by atoms with E-state index in [1.165, 1.54) is 0 Å². The van der Waals surface area contributed by atoms with Gasteiger partial charge in [-0.1, -0.05) is 49.7 Å². The van der Waals surface area contributed by atoms with Crippen molar-refractivity contribution in [2.24, 2.45) is 0 Å². The minimum Gasteiger partial charge on any atom is -0.493 e. The van der Waals surface area contributed by atoms with Crippen molar-refractivity contribution >= 4 is 11.7 Å². The summed E-state index contributed by atoms with van der Waals surface area (Å²) in [4.78, 5) is 14.3. The summed E-state index contributed by atoms with van der Waals surface area (Å²) in [5.41, 5.74) is 2.92. The number of urea groups is 1. The molecular weight excluding hydrogens is 312 g/mol. The van der Waals surface area contributed by atoms with Crippen molar-refractivity contribution in [1.29, 1.82) is 0 Å². The van der Waals surface area contributed by atoms with Crippen LogP contribution in [-0.4, -0.2) is 24.6 Å². The number of carbonyl (C=O) groups excluding carboxylic acids is 1. The summed E-state index contributed by atoms with van der Waals surface area (Å²) in [6.07, 6.45) is 2.12. The van der Waals surface area contributed by atoms with Gasteiger partial charge in [0.05, 0.1) is 12.6 Å². The normalized spacial score (nSPS) is 11.7. The molecule has 0 aliphatic carbocycles. The number of aryl methyl sites for hydroxylation is 1. The maximum atomic E-state index is 12.6. The minimum atomic E-state index is -0.139. The van der Waals surface area contributed by atoms with Crippen LogP contribution in [0.5, 0.6) is 5.75 Å². The number of hydrogen-bond donors (Lipinski definition) is 1. The van der Waals surface area contributed by atoms with Crippen LogP contribution in [0, 0.1) is 6.92 Å². The molecule has 0 radical (unpaired) electrons. The van der Waals surface area contributed by atoms with Gasteiger partial charge >= 0.3 is 6.03 Å². The van der Waals surface area contributed by atoms with Crippen molar-refractivity contribution in [3.8, 4) is 5.75 Å². The molecule has 2 aromatic rings. The van der Waals surface area contributed by atoms with Crippen LogP contribution < -0.4 is 10.1 Å². The number of unbranched alkanes of at least 4 members (excludes halogenated alkanes) is 1. The molecule has 1 atom stereocenters. The predicted octanol–water partition coefficient (Wildman–Crippen LogP) is 5.40. The molecule has 0 saturated heterocycles. The average molecular weight is 340 g/mol. The smallest absolute Gasteiger partial charge is 0.322 e. The zero-order valence-corrected chi connectivity index (χ0v) is 15.6. The average Bonchev–Trinajstić information content (AvgIpc) is 2.64. The van der Waals surface area contributed by atoms with Gasteiger partial charge < -0.3 is 15.0 Å². The molecule has 0 aromatic heterocycles. The molecule has 0 bridgehead atoms. The van der Waals surface area contributed by atoms with E-state index in [-0.39, 0.29) is 12.1 Å². The van der Waals surface area contributed by atoms with Gasteiger partial charge in [-0.15, -0.1) is 0 Å². The van der Waals surface area contributed by atoms with Crippen LogP contribution in [0.25, 0.3) is 0 Å². The lowest BCUT2D eigenvalue weighted by atomic mass is 10.1. The van der Waals surface area contributed by atoms with E-state index in [0.29, 0.717) is 6.61 Å².